The number of hydrogen-bond donors (Lipinski definition) is 1. The lowest BCUT2D eigenvalue weighted by atomic mass is 10.1. The normalized spacial score (nSPS) is 10.5. The first-order valence-electron chi connectivity index (χ1n) is 6.19. The van der Waals surface area contributed by atoms with Crippen LogP contribution in [0, 0.1) is 13.8 Å². The van der Waals surface area contributed by atoms with Gasteiger partial charge < -0.3 is 10.5 Å². The Morgan fingerprint density at radius 1 is 1.26 bits per heavy atom. The monoisotopic (exact) mass is 320 g/mol. The summed E-state index contributed by atoms with van der Waals surface area (Å²) in [6.07, 6.45) is 2.65. The van der Waals surface area contributed by atoms with Gasteiger partial charge in [-0.2, -0.15) is 0 Å². The van der Waals surface area contributed by atoms with Crippen LogP contribution in [0.4, 0.5) is 0 Å². The number of benzene rings is 1. The number of nitrogens with zero attached hydrogens (tertiary/aromatic N) is 1. The van der Waals surface area contributed by atoms with Crippen molar-refractivity contribution in [3.05, 3.63) is 51.6 Å². The molecule has 0 radical (unpaired) electrons. The summed E-state index contributed by atoms with van der Waals surface area (Å²) < 4.78 is 6.77. The van der Waals surface area contributed by atoms with E-state index in [1.54, 1.807) is 0 Å². The first-order valence-corrected chi connectivity index (χ1v) is 6.99. The van der Waals surface area contributed by atoms with E-state index in [2.05, 4.69) is 27.0 Å². The second-order valence-corrected chi connectivity index (χ2v) is 5.39. The van der Waals surface area contributed by atoms with E-state index in [0.29, 0.717) is 12.4 Å². The van der Waals surface area contributed by atoms with E-state index >= 15 is 0 Å². The van der Waals surface area contributed by atoms with Crippen LogP contribution in [0.1, 0.15) is 16.7 Å². The summed E-state index contributed by atoms with van der Waals surface area (Å²) in [7, 11) is 0. The van der Waals surface area contributed by atoms with Crippen molar-refractivity contribution in [3.63, 3.8) is 0 Å². The fourth-order valence-corrected chi connectivity index (χ4v) is 2.40. The Kier molecular flexibility index (Phi) is 4.56. The Balaban J connectivity index is 2.23. The zero-order valence-electron chi connectivity index (χ0n) is 11.1. The van der Waals surface area contributed by atoms with Crippen molar-refractivity contribution in [2.75, 3.05) is 6.54 Å². The number of nitrogens with two attached hydrogens (primary N) is 1. The van der Waals surface area contributed by atoms with Gasteiger partial charge in [0.05, 0.1) is 4.47 Å². The Labute approximate surface area is 121 Å². The zero-order chi connectivity index (χ0) is 13.8. The fraction of sp³-hybridized carbons (Fsp3) is 0.267. The minimum Gasteiger partial charge on any atom is -0.438 e. The van der Waals surface area contributed by atoms with Crippen LogP contribution in [0.2, 0.25) is 0 Å². The number of hydrogen-bond acceptors (Lipinski definition) is 3. The van der Waals surface area contributed by atoms with Crippen molar-refractivity contribution in [2.45, 2.75) is 20.3 Å². The summed E-state index contributed by atoms with van der Waals surface area (Å²) in [4.78, 5) is 4.36. The highest BCUT2D eigenvalue weighted by Gasteiger charge is 2.07. The molecular weight excluding hydrogens is 304 g/mol. The van der Waals surface area contributed by atoms with Gasteiger partial charge >= 0.3 is 0 Å². The second-order valence-electron chi connectivity index (χ2n) is 4.54. The smallest absolute Gasteiger partial charge is 0.222 e. The maximum absolute atomic E-state index is 5.84. The maximum Gasteiger partial charge on any atom is 0.222 e. The average Bonchev–Trinajstić information content (AvgIpc) is 2.36. The molecule has 0 spiro atoms. The second kappa shape index (κ2) is 6.17. The molecular formula is C15H17BrN2O. The molecule has 0 unspecified atom stereocenters. The van der Waals surface area contributed by atoms with Crippen molar-refractivity contribution in [3.8, 4) is 11.6 Å². The topological polar surface area (TPSA) is 48.1 Å². The third kappa shape index (κ3) is 3.55. The van der Waals surface area contributed by atoms with E-state index in [0.717, 1.165) is 27.8 Å². The summed E-state index contributed by atoms with van der Waals surface area (Å²) in [5, 5.41) is 0. The van der Waals surface area contributed by atoms with Crippen LogP contribution in [0.15, 0.2) is 34.9 Å². The summed E-state index contributed by atoms with van der Waals surface area (Å²) in [5.74, 6) is 1.40. The number of halogens is 1. The third-order valence-corrected chi connectivity index (χ3v) is 3.43. The molecule has 1 aromatic heterocycles. The third-order valence-electron chi connectivity index (χ3n) is 2.81. The van der Waals surface area contributed by atoms with Gasteiger partial charge in [0.2, 0.25) is 5.88 Å². The van der Waals surface area contributed by atoms with Crippen LogP contribution >= 0.6 is 15.9 Å². The molecule has 4 heteroatoms. The maximum atomic E-state index is 5.84. The van der Waals surface area contributed by atoms with Crippen molar-refractivity contribution in [1.82, 2.24) is 4.98 Å². The van der Waals surface area contributed by atoms with E-state index < -0.39 is 0 Å². The molecule has 0 aliphatic heterocycles. The van der Waals surface area contributed by atoms with Gasteiger partial charge in [-0.25, -0.2) is 4.98 Å². The molecule has 0 amide bonds. The molecule has 0 bridgehead atoms. The lowest BCUT2D eigenvalue weighted by Crippen LogP contribution is -2.03. The molecule has 0 aliphatic carbocycles. The van der Waals surface area contributed by atoms with E-state index in [1.165, 1.54) is 5.56 Å². The van der Waals surface area contributed by atoms with E-state index in [9.17, 15) is 0 Å². The van der Waals surface area contributed by atoms with Crippen LogP contribution in [-0.2, 0) is 6.42 Å². The van der Waals surface area contributed by atoms with Crippen LogP contribution in [0.3, 0.4) is 0 Å². The summed E-state index contributed by atoms with van der Waals surface area (Å²) >= 11 is 3.50. The fourth-order valence-electron chi connectivity index (χ4n) is 1.82. The van der Waals surface area contributed by atoms with Gasteiger partial charge in [-0.3, -0.25) is 0 Å². The lowest BCUT2D eigenvalue weighted by molar-refractivity contribution is 0.455. The van der Waals surface area contributed by atoms with Gasteiger partial charge in [0.15, 0.2) is 0 Å². The molecule has 2 N–H and O–H groups in total. The van der Waals surface area contributed by atoms with E-state index in [4.69, 9.17) is 10.5 Å². The predicted octanol–water partition coefficient (Wildman–Crippen LogP) is 3.75. The van der Waals surface area contributed by atoms with E-state index in [1.807, 2.05) is 38.2 Å². The summed E-state index contributed by atoms with van der Waals surface area (Å²) in [5.41, 5.74) is 8.87. The van der Waals surface area contributed by atoms with Crippen molar-refractivity contribution >= 4 is 15.9 Å². The van der Waals surface area contributed by atoms with Crippen molar-refractivity contribution < 1.29 is 4.74 Å². The Bertz CT molecular complexity index is 584. The number of aryl methyl sites for hydroxylation is 2. The Morgan fingerprint density at radius 3 is 2.68 bits per heavy atom. The Morgan fingerprint density at radius 2 is 2.05 bits per heavy atom. The van der Waals surface area contributed by atoms with Gasteiger partial charge in [-0.05, 0) is 72.1 Å². The predicted molar refractivity (Wildman–Crippen MR) is 80.7 cm³/mol. The highest BCUT2D eigenvalue weighted by Crippen LogP contribution is 2.30. The first-order chi connectivity index (χ1) is 9.10. The molecule has 1 aromatic carbocycles. The van der Waals surface area contributed by atoms with Crippen LogP contribution in [-0.4, -0.2) is 11.5 Å². The molecule has 0 atom stereocenters. The molecule has 19 heavy (non-hydrogen) atoms. The van der Waals surface area contributed by atoms with Gasteiger partial charge in [0, 0.05) is 11.8 Å². The molecule has 2 rings (SSSR count). The lowest BCUT2D eigenvalue weighted by Gasteiger charge is -2.10. The average molecular weight is 321 g/mol. The van der Waals surface area contributed by atoms with Crippen LogP contribution in [0.5, 0.6) is 11.6 Å². The molecule has 0 saturated carbocycles. The first kappa shape index (κ1) is 14.0. The zero-order valence-corrected chi connectivity index (χ0v) is 12.7. The molecule has 3 nitrogen and oxygen atoms in total. The Hall–Kier alpha value is -1.39. The summed E-state index contributed by atoms with van der Waals surface area (Å²) in [6.45, 7) is 4.66. The van der Waals surface area contributed by atoms with Crippen molar-refractivity contribution in [1.29, 1.82) is 0 Å². The van der Waals surface area contributed by atoms with E-state index in [-0.39, 0.29) is 0 Å². The standard InChI is InChI=1S/C15H17BrN2O/c1-10-3-4-14(13(16)7-10)19-15-11(2)8-12(5-6-17)9-18-15/h3-4,7-9H,5-6,17H2,1-2H3. The minimum atomic E-state index is 0.630. The molecule has 0 saturated heterocycles. The highest BCUT2D eigenvalue weighted by atomic mass is 79.9. The van der Waals surface area contributed by atoms with Crippen LogP contribution in [0.25, 0.3) is 0 Å². The van der Waals surface area contributed by atoms with Gasteiger partial charge in [-0.15, -0.1) is 0 Å². The van der Waals surface area contributed by atoms with Gasteiger partial charge in [0.1, 0.15) is 5.75 Å². The van der Waals surface area contributed by atoms with Gasteiger partial charge in [0.25, 0.3) is 0 Å². The molecule has 100 valence electrons. The van der Waals surface area contributed by atoms with Gasteiger partial charge in [-0.1, -0.05) is 6.07 Å². The molecule has 0 aliphatic rings. The molecule has 2 aromatic rings. The SMILES string of the molecule is Cc1ccc(Oc2ncc(CCN)cc2C)c(Br)c1. The number of ether oxygens (including phenoxy) is 1. The largest absolute Gasteiger partial charge is 0.438 e. The molecule has 1 heterocycles. The molecule has 0 fully saturated rings. The highest BCUT2D eigenvalue weighted by molar-refractivity contribution is 9.10. The number of aromatic nitrogens is 1. The van der Waals surface area contributed by atoms with Crippen LogP contribution < -0.4 is 10.5 Å². The number of pyridine rings is 1. The quantitative estimate of drug-likeness (QED) is 0.933. The minimum absolute atomic E-state index is 0.630. The summed E-state index contributed by atoms with van der Waals surface area (Å²) in [6, 6.07) is 8.04. The van der Waals surface area contributed by atoms with Crippen molar-refractivity contribution in [2.24, 2.45) is 5.73 Å². The number of rotatable bonds is 4.